The minimum atomic E-state index is -0.0919. The van der Waals surface area contributed by atoms with Gasteiger partial charge in [0.15, 0.2) is 0 Å². The standard InChI is InChI=1S/C25H23N3O2/c1-30-21-12-9-18(10-13-21)22-15-19-11-14-23(26-16-17-7-8-17)27-24(19)28(25(22)29)20-5-3-2-4-6-20/h2-6,9-15,17H,7-8,16H2,1H3,(H,26,27). The highest BCUT2D eigenvalue weighted by atomic mass is 16.5. The first kappa shape index (κ1) is 18.4. The highest BCUT2D eigenvalue weighted by Gasteiger charge is 2.21. The number of pyridine rings is 2. The minimum Gasteiger partial charge on any atom is -0.497 e. The number of fused-ring (bicyclic) bond motifs is 1. The number of anilines is 1. The molecule has 1 saturated carbocycles. The van der Waals surface area contributed by atoms with Gasteiger partial charge in [-0.3, -0.25) is 9.36 Å². The highest BCUT2D eigenvalue weighted by Crippen LogP contribution is 2.29. The van der Waals surface area contributed by atoms with Crippen LogP contribution in [0, 0.1) is 5.92 Å². The summed E-state index contributed by atoms with van der Waals surface area (Å²) in [6.45, 7) is 0.929. The van der Waals surface area contributed by atoms with E-state index in [9.17, 15) is 4.79 Å². The molecule has 0 unspecified atom stereocenters. The van der Waals surface area contributed by atoms with Gasteiger partial charge in [0.2, 0.25) is 0 Å². The van der Waals surface area contributed by atoms with E-state index in [1.54, 1.807) is 11.7 Å². The SMILES string of the molecule is COc1ccc(-c2cc3ccc(NCC4CC4)nc3n(-c3ccccc3)c2=O)cc1. The molecule has 0 saturated heterocycles. The van der Waals surface area contributed by atoms with Crippen molar-refractivity contribution in [2.45, 2.75) is 12.8 Å². The van der Waals surface area contributed by atoms with Crippen molar-refractivity contribution in [3.8, 4) is 22.6 Å². The highest BCUT2D eigenvalue weighted by molar-refractivity contribution is 5.84. The summed E-state index contributed by atoms with van der Waals surface area (Å²) < 4.78 is 6.96. The third kappa shape index (κ3) is 3.54. The average molecular weight is 397 g/mol. The van der Waals surface area contributed by atoms with Crippen molar-refractivity contribution in [2.24, 2.45) is 5.92 Å². The number of ether oxygens (including phenoxy) is 1. The van der Waals surface area contributed by atoms with Gasteiger partial charge in [-0.05, 0) is 66.8 Å². The number of para-hydroxylation sites is 1. The summed E-state index contributed by atoms with van der Waals surface area (Å²) in [7, 11) is 1.63. The number of rotatable bonds is 6. The van der Waals surface area contributed by atoms with Crippen molar-refractivity contribution >= 4 is 16.9 Å². The second-order valence-corrected chi connectivity index (χ2v) is 7.70. The second kappa shape index (κ2) is 7.67. The largest absolute Gasteiger partial charge is 0.497 e. The molecular weight excluding hydrogens is 374 g/mol. The van der Waals surface area contributed by atoms with E-state index in [4.69, 9.17) is 9.72 Å². The van der Waals surface area contributed by atoms with Crippen molar-refractivity contribution in [1.29, 1.82) is 0 Å². The van der Waals surface area contributed by atoms with Crippen LogP contribution in [0.1, 0.15) is 12.8 Å². The third-order valence-electron chi connectivity index (χ3n) is 5.53. The summed E-state index contributed by atoms with van der Waals surface area (Å²) in [6, 6.07) is 23.2. The van der Waals surface area contributed by atoms with Gasteiger partial charge in [0.1, 0.15) is 17.2 Å². The molecule has 150 valence electrons. The van der Waals surface area contributed by atoms with Crippen LogP contribution in [-0.2, 0) is 0 Å². The summed E-state index contributed by atoms with van der Waals surface area (Å²) in [6.07, 6.45) is 2.56. The number of hydrogen-bond donors (Lipinski definition) is 1. The number of methoxy groups -OCH3 is 1. The van der Waals surface area contributed by atoms with Gasteiger partial charge in [-0.2, -0.15) is 0 Å². The van der Waals surface area contributed by atoms with Gasteiger partial charge in [0, 0.05) is 17.5 Å². The molecule has 1 aliphatic carbocycles. The van der Waals surface area contributed by atoms with Gasteiger partial charge in [0.25, 0.3) is 5.56 Å². The van der Waals surface area contributed by atoms with E-state index in [1.165, 1.54) is 12.8 Å². The first-order chi connectivity index (χ1) is 14.7. The number of aromatic nitrogens is 2. The maximum absolute atomic E-state index is 13.6. The molecule has 1 N–H and O–H groups in total. The molecule has 0 radical (unpaired) electrons. The van der Waals surface area contributed by atoms with E-state index in [-0.39, 0.29) is 5.56 Å². The fourth-order valence-electron chi connectivity index (χ4n) is 3.65. The molecule has 5 nitrogen and oxygen atoms in total. The van der Waals surface area contributed by atoms with Gasteiger partial charge in [0.05, 0.1) is 12.8 Å². The Morgan fingerprint density at radius 2 is 1.80 bits per heavy atom. The van der Waals surface area contributed by atoms with Gasteiger partial charge in [-0.25, -0.2) is 4.98 Å². The van der Waals surface area contributed by atoms with Gasteiger partial charge < -0.3 is 10.1 Å². The van der Waals surface area contributed by atoms with Crippen molar-refractivity contribution in [3.05, 3.63) is 83.2 Å². The molecule has 0 amide bonds. The molecule has 0 atom stereocenters. The maximum Gasteiger partial charge on any atom is 0.264 e. The minimum absolute atomic E-state index is 0.0919. The smallest absolute Gasteiger partial charge is 0.264 e. The normalized spacial score (nSPS) is 13.4. The molecule has 2 heterocycles. The van der Waals surface area contributed by atoms with Crippen molar-refractivity contribution < 1.29 is 4.74 Å². The second-order valence-electron chi connectivity index (χ2n) is 7.70. The van der Waals surface area contributed by atoms with Crippen LogP contribution in [0.4, 0.5) is 5.82 Å². The fourth-order valence-corrected chi connectivity index (χ4v) is 3.65. The van der Waals surface area contributed by atoms with Crippen LogP contribution in [0.25, 0.3) is 27.8 Å². The Morgan fingerprint density at radius 1 is 1.03 bits per heavy atom. The van der Waals surface area contributed by atoms with Crippen LogP contribution in [0.5, 0.6) is 5.75 Å². The molecule has 4 aromatic rings. The fraction of sp³-hybridized carbons (Fsp3) is 0.200. The van der Waals surface area contributed by atoms with Crippen LogP contribution in [0.15, 0.2) is 77.6 Å². The van der Waals surface area contributed by atoms with Crippen LogP contribution in [0.3, 0.4) is 0 Å². The van der Waals surface area contributed by atoms with E-state index >= 15 is 0 Å². The Balaban J connectivity index is 1.69. The summed E-state index contributed by atoms with van der Waals surface area (Å²) in [5, 5.41) is 4.33. The molecule has 5 rings (SSSR count). The van der Waals surface area contributed by atoms with E-state index in [2.05, 4.69) is 5.32 Å². The molecule has 2 aromatic heterocycles. The molecule has 0 bridgehead atoms. The lowest BCUT2D eigenvalue weighted by Crippen LogP contribution is -2.21. The van der Waals surface area contributed by atoms with E-state index in [0.717, 1.165) is 40.7 Å². The molecular formula is C25H23N3O2. The van der Waals surface area contributed by atoms with Crippen LogP contribution < -0.4 is 15.6 Å². The summed E-state index contributed by atoms with van der Waals surface area (Å²) in [5.41, 5.74) is 2.85. The van der Waals surface area contributed by atoms with Crippen LogP contribution in [0.2, 0.25) is 0 Å². The molecule has 2 aromatic carbocycles. The van der Waals surface area contributed by atoms with E-state index in [0.29, 0.717) is 11.2 Å². The Kier molecular flexibility index (Phi) is 4.71. The molecule has 30 heavy (non-hydrogen) atoms. The lowest BCUT2D eigenvalue weighted by atomic mass is 10.1. The van der Waals surface area contributed by atoms with E-state index < -0.39 is 0 Å². The molecule has 1 aliphatic rings. The monoisotopic (exact) mass is 397 g/mol. The van der Waals surface area contributed by atoms with Gasteiger partial charge >= 0.3 is 0 Å². The topological polar surface area (TPSA) is 56.1 Å². The van der Waals surface area contributed by atoms with Gasteiger partial charge in [-0.15, -0.1) is 0 Å². The number of benzene rings is 2. The maximum atomic E-state index is 13.6. The van der Waals surface area contributed by atoms with Gasteiger partial charge in [-0.1, -0.05) is 30.3 Å². The van der Waals surface area contributed by atoms with Crippen molar-refractivity contribution in [2.75, 3.05) is 19.0 Å². The first-order valence-electron chi connectivity index (χ1n) is 10.2. The Morgan fingerprint density at radius 3 is 2.50 bits per heavy atom. The van der Waals surface area contributed by atoms with Crippen LogP contribution >= 0.6 is 0 Å². The third-order valence-corrected chi connectivity index (χ3v) is 5.53. The zero-order chi connectivity index (χ0) is 20.5. The predicted octanol–water partition coefficient (Wildman–Crippen LogP) is 4.88. The van der Waals surface area contributed by atoms with Crippen molar-refractivity contribution in [1.82, 2.24) is 9.55 Å². The molecule has 0 aliphatic heterocycles. The Bertz CT molecular complexity index is 1240. The first-order valence-corrected chi connectivity index (χ1v) is 10.2. The summed E-state index contributed by atoms with van der Waals surface area (Å²) >= 11 is 0. The summed E-state index contributed by atoms with van der Waals surface area (Å²) in [5.74, 6) is 2.31. The number of nitrogens with one attached hydrogen (secondary N) is 1. The Labute approximate surface area is 175 Å². The van der Waals surface area contributed by atoms with E-state index in [1.807, 2.05) is 72.8 Å². The van der Waals surface area contributed by atoms with Crippen LogP contribution in [-0.4, -0.2) is 23.2 Å². The number of hydrogen-bond acceptors (Lipinski definition) is 4. The molecule has 1 fully saturated rings. The summed E-state index contributed by atoms with van der Waals surface area (Å²) in [4.78, 5) is 18.4. The lowest BCUT2D eigenvalue weighted by Gasteiger charge is -2.14. The lowest BCUT2D eigenvalue weighted by molar-refractivity contribution is 0.415. The Hall–Kier alpha value is -3.60. The molecule has 5 heteroatoms. The zero-order valence-corrected chi connectivity index (χ0v) is 16.8. The predicted molar refractivity (Wildman–Crippen MR) is 121 cm³/mol. The number of nitrogens with zero attached hydrogens (tertiary/aromatic N) is 2. The quantitative estimate of drug-likeness (QED) is 0.504. The van der Waals surface area contributed by atoms with Crippen molar-refractivity contribution in [3.63, 3.8) is 0 Å². The average Bonchev–Trinajstić information content (AvgIpc) is 3.62. The molecule has 0 spiro atoms. The zero-order valence-electron chi connectivity index (χ0n) is 16.8.